The molecule has 1 aromatic carbocycles. The molecular weight excluding hydrogens is 224 g/mol. The Morgan fingerprint density at radius 1 is 1.29 bits per heavy atom. The molecule has 0 atom stereocenters. The molecule has 0 radical (unpaired) electrons. The van der Waals surface area contributed by atoms with E-state index in [-0.39, 0.29) is 6.61 Å². The van der Waals surface area contributed by atoms with Crippen molar-refractivity contribution in [2.24, 2.45) is 0 Å². The van der Waals surface area contributed by atoms with Crippen molar-refractivity contribution in [3.63, 3.8) is 0 Å². The van der Waals surface area contributed by atoms with E-state index in [0.29, 0.717) is 5.88 Å². The van der Waals surface area contributed by atoms with Crippen molar-refractivity contribution in [3.05, 3.63) is 35.4 Å². The highest BCUT2D eigenvalue weighted by molar-refractivity contribution is 7.85. The Morgan fingerprint density at radius 3 is 2.36 bits per heavy atom. The maximum atomic E-state index is 10.7. The van der Waals surface area contributed by atoms with Gasteiger partial charge < -0.3 is 0 Å². The zero-order valence-electron chi connectivity index (χ0n) is 7.73. The van der Waals surface area contributed by atoms with Crippen molar-refractivity contribution >= 4 is 21.7 Å². The fourth-order valence-corrected chi connectivity index (χ4v) is 1.60. The van der Waals surface area contributed by atoms with Gasteiger partial charge in [0.1, 0.15) is 0 Å². The molecule has 3 nitrogen and oxygen atoms in total. The highest BCUT2D eigenvalue weighted by Gasteiger charge is 2.05. The van der Waals surface area contributed by atoms with E-state index in [9.17, 15) is 8.42 Å². The number of hydrogen-bond acceptors (Lipinski definition) is 3. The van der Waals surface area contributed by atoms with E-state index in [0.717, 1.165) is 17.4 Å². The molecule has 0 bridgehead atoms. The van der Waals surface area contributed by atoms with Gasteiger partial charge in [-0.25, -0.2) is 0 Å². The van der Waals surface area contributed by atoms with Crippen molar-refractivity contribution < 1.29 is 12.6 Å². The van der Waals surface area contributed by atoms with Gasteiger partial charge in [0, 0.05) is 5.88 Å². The topological polar surface area (TPSA) is 43.4 Å². The van der Waals surface area contributed by atoms with Crippen molar-refractivity contribution in [3.8, 4) is 0 Å². The third-order valence-corrected chi connectivity index (χ3v) is 2.52. The zero-order chi connectivity index (χ0) is 10.6. The maximum Gasteiger partial charge on any atom is 0.264 e. The number of benzene rings is 1. The van der Waals surface area contributed by atoms with Gasteiger partial charge in [0.2, 0.25) is 0 Å². The molecule has 78 valence electrons. The molecule has 0 aliphatic heterocycles. The van der Waals surface area contributed by atoms with Gasteiger partial charge in [0.15, 0.2) is 0 Å². The van der Waals surface area contributed by atoms with Crippen molar-refractivity contribution in [2.75, 3.05) is 6.26 Å². The first-order valence-corrected chi connectivity index (χ1v) is 6.35. The molecule has 0 saturated heterocycles. The van der Waals surface area contributed by atoms with Crippen molar-refractivity contribution in [2.45, 2.75) is 12.5 Å². The second-order valence-corrected chi connectivity index (χ2v) is 4.78. The molecular formula is C9H11ClO3S. The predicted molar refractivity (Wildman–Crippen MR) is 55.6 cm³/mol. The third-order valence-electron chi connectivity index (χ3n) is 1.69. The van der Waals surface area contributed by atoms with Crippen LogP contribution in [0.5, 0.6) is 0 Å². The van der Waals surface area contributed by atoms with E-state index in [1.807, 2.05) is 18.2 Å². The van der Waals surface area contributed by atoms with E-state index in [4.69, 9.17) is 11.6 Å². The van der Waals surface area contributed by atoms with Gasteiger partial charge in [-0.1, -0.05) is 24.3 Å². The molecule has 0 N–H and O–H groups in total. The van der Waals surface area contributed by atoms with E-state index in [1.165, 1.54) is 0 Å². The minimum absolute atomic E-state index is 0.0434. The minimum Gasteiger partial charge on any atom is -0.265 e. The second-order valence-electron chi connectivity index (χ2n) is 2.87. The summed E-state index contributed by atoms with van der Waals surface area (Å²) in [6, 6.07) is 7.30. The minimum atomic E-state index is -3.39. The Kier molecular flexibility index (Phi) is 3.92. The standard InChI is InChI=1S/C9H11ClO3S/c1-14(11,12)13-7-9-5-3-2-4-8(9)6-10/h2-5H,6-7H2,1H3. The lowest BCUT2D eigenvalue weighted by molar-refractivity contribution is 0.311. The van der Waals surface area contributed by atoms with Crippen LogP contribution in [0.2, 0.25) is 0 Å². The van der Waals surface area contributed by atoms with Gasteiger partial charge in [-0.3, -0.25) is 4.18 Å². The van der Waals surface area contributed by atoms with E-state index >= 15 is 0 Å². The summed E-state index contributed by atoms with van der Waals surface area (Å²) < 4.78 is 26.2. The van der Waals surface area contributed by atoms with Gasteiger partial charge in [0.05, 0.1) is 12.9 Å². The molecule has 0 aliphatic rings. The molecule has 0 aromatic heterocycles. The summed E-state index contributed by atoms with van der Waals surface area (Å²) in [5.74, 6) is 0.350. The molecule has 0 saturated carbocycles. The summed E-state index contributed by atoms with van der Waals surface area (Å²) in [6.45, 7) is 0.0434. The van der Waals surface area contributed by atoms with Crippen LogP contribution in [0.3, 0.4) is 0 Å². The van der Waals surface area contributed by atoms with E-state index < -0.39 is 10.1 Å². The average Bonchev–Trinajstić information content (AvgIpc) is 2.14. The molecule has 0 heterocycles. The highest BCUT2D eigenvalue weighted by Crippen LogP contribution is 2.13. The monoisotopic (exact) mass is 234 g/mol. The van der Waals surface area contributed by atoms with Crippen LogP contribution in [0.25, 0.3) is 0 Å². The first-order valence-electron chi connectivity index (χ1n) is 4.00. The fraction of sp³-hybridized carbons (Fsp3) is 0.333. The summed E-state index contributed by atoms with van der Waals surface area (Å²) >= 11 is 5.68. The Hall–Kier alpha value is -0.580. The van der Waals surface area contributed by atoms with Gasteiger partial charge >= 0.3 is 0 Å². The number of rotatable bonds is 4. The summed E-state index contributed by atoms with van der Waals surface area (Å²) in [4.78, 5) is 0. The predicted octanol–water partition coefficient (Wildman–Crippen LogP) is 1.90. The van der Waals surface area contributed by atoms with Gasteiger partial charge in [-0.2, -0.15) is 8.42 Å². The van der Waals surface area contributed by atoms with Crippen LogP contribution in [-0.4, -0.2) is 14.7 Å². The SMILES string of the molecule is CS(=O)(=O)OCc1ccccc1CCl. The van der Waals surface area contributed by atoms with Crippen LogP contribution in [0, 0.1) is 0 Å². The summed E-state index contributed by atoms with van der Waals surface area (Å²) in [5.41, 5.74) is 1.69. The lowest BCUT2D eigenvalue weighted by Gasteiger charge is -2.05. The summed E-state index contributed by atoms with van der Waals surface area (Å²) in [6.07, 6.45) is 1.02. The van der Waals surface area contributed by atoms with Crippen molar-refractivity contribution in [1.29, 1.82) is 0 Å². The summed E-state index contributed by atoms with van der Waals surface area (Å²) in [5, 5.41) is 0. The van der Waals surface area contributed by atoms with Gasteiger partial charge in [0.25, 0.3) is 10.1 Å². The van der Waals surface area contributed by atoms with Crippen LogP contribution < -0.4 is 0 Å². The van der Waals surface area contributed by atoms with Crippen LogP contribution in [0.4, 0.5) is 0 Å². The molecule has 1 aromatic rings. The average molecular weight is 235 g/mol. The number of halogens is 1. The molecule has 5 heteroatoms. The van der Waals surface area contributed by atoms with Crippen molar-refractivity contribution in [1.82, 2.24) is 0 Å². The molecule has 0 unspecified atom stereocenters. The van der Waals surface area contributed by atoms with Gasteiger partial charge in [-0.15, -0.1) is 11.6 Å². The fourth-order valence-electron chi connectivity index (χ4n) is 0.999. The first kappa shape index (κ1) is 11.5. The first-order chi connectivity index (χ1) is 6.53. The van der Waals surface area contributed by atoms with Crippen LogP contribution in [0.1, 0.15) is 11.1 Å². The number of alkyl halides is 1. The van der Waals surface area contributed by atoms with E-state index in [1.54, 1.807) is 6.07 Å². The third kappa shape index (κ3) is 3.65. The largest absolute Gasteiger partial charge is 0.265 e. The smallest absolute Gasteiger partial charge is 0.264 e. The molecule has 14 heavy (non-hydrogen) atoms. The lowest BCUT2D eigenvalue weighted by atomic mass is 10.1. The second kappa shape index (κ2) is 4.77. The number of hydrogen-bond donors (Lipinski definition) is 0. The molecule has 0 spiro atoms. The van der Waals surface area contributed by atoms with Crippen LogP contribution >= 0.6 is 11.6 Å². The molecule has 0 aliphatic carbocycles. The van der Waals surface area contributed by atoms with Crippen LogP contribution in [-0.2, 0) is 26.8 Å². The van der Waals surface area contributed by atoms with Gasteiger partial charge in [-0.05, 0) is 11.1 Å². The normalized spacial score (nSPS) is 11.6. The Morgan fingerprint density at radius 2 is 1.86 bits per heavy atom. The molecule has 0 fully saturated rings. The Bertz CT molecular complexity index is 400. The quantitative estimate of drug-likeness (QED) is 0.590. The zero-order valence-corrected chi connectivity index (χ0v) is 9.31. The van der Waals surface area contributed by atoms with Crippen LogP contribution in [0.15, 0.2) is 24.3 Å². The lowest BCUT2D eigenvalue weighted by Crippen LogP contribution is -2.04. The summed E-state index contributed by atoms with van der Waals surface area (Å²) in [7, 11) is -3.39. The Labute approximate surface area is 88.8 Å². The van der Waals surface area contributed by atoms with E-state index in [2.05, 4.69) is 4.18 Å². The highest BCUT2D eigenvalue weighted by atomic mass is 35.5. The Balaban J connectivity index is 2.76. The molecule has 0 amide bonds. The maximum absolute atomic E-state index is 10.7. The molecule has 1 rings (SSSR count).